The van der Waals surface area contributed by atoms with E-state index in [9.17, 15) is 9.59 Å². The lowest BCUT2D eigenvalue weighted by molar-refractivity contribution is 0.0524. The van der Waals surface area contributed by atoms with Crippen molar-refractivity contribution in [2.24, 2.45) is 0 Å². The molecule has 1 fully saturated rings. The summed E-state index contributed by atoms with van der Waals surface area (Å²) in [6, 6.07) is 1.51. The number of carbonyl (C=O) groups excluding carboxylic acids is 1. The van der Waals surface area contributed by atoms with E-state index >= 15 is 0 Å². The Labute approximate surface area is 99.1 Å². The summed E-state index contributed by atoms with van der Waals surface area (Å²) in [7, 11) is 0. The molecule has 2 N–H and O–H groups in total. The highest BCUT2D eigenvalue weighted by Gasteiger charge is 2.29. The first kappa shape index (κ1) is 11.9. The monoisotopic (exact) mass is 236 g/mol. The van der Waals surface area contributed by atoms with Gasteiger partial charge in [-0.15, -0.1) is 0 Å². The first-order valence-electron chi connectivity index (χ1n) is 5.83. The summed E-state index contributed by atoms with van der Waals surface area (Å²) in [5.74, 6) is -0.286. The molecule has 0 aliphatic heterocycles. The van der Waals surface area contributed by atoms with E-state index in [4.69, 9.17) is 5.11 Å². The number of H-pyrrole nitrogens is 1. The summed E-state index contributed by atoms with van der Waals surface area (Å²) < 4.78 is 0. The molecule has 0 atom stereocenters. The molecule has 1 aliphatic carbocycles. The molecule has 1 amide bonds. The number of aromatic amines is 1. The summed E-state index contributed by atoms with van der Waals surface area (Å²) in [5, 5.41) is 8.99. The maximum Gasteiger partial charge on any atom is 0.259 e. The zero-order valence-electron chi connectivity index (χ0n) is 9.56. The lowest BCUT2D eigenvalue weighted by Crippen LogP contribution is -2.46. The van der Waals surface area contributed by atoms with Gasteiger partial charge in [0.05, 0.1) is 6.61 Å². The molecular formula is C12H16N2O3. The van der Waals surface area contributed by atoms with E-state index in [1.54, 1.807) is 4.90 Å². The molecule has 1 aromatic heterocycles. The van der Waals surface area contributed by atoms with Gasteiger partial charge in [-0.2, -0.15) is 0 Å². The van der Waals surface area contributed by atoms with Gasteiger partial charge in [0.1, 0.15) is 5.56 Å². The average molecular weight is 236 g/mol. The number of pyridine rings is 1. The van der Waals surface area contributed by atoms with Gasteiger partial charge in [0.25, 0.3) is 5.91 Å². The predicted octanol–water partition coefficient (Wildman–Crippen LogP) is 0.362. The minimum atomic E-state index is -0.286. The maximum absolute atomic E-state index is 12.2. The highest BCUT2D eigenvalue weighted by atomic mass is 16.3. The third-order valence-corrected chi connectivity index (χ3v) is 3.17. The van der Waals surface area contributed by atoms with Crippen molar-refractivity contribution < 1.29 is 9.90 Å². The molecule has 2 rings (SSSR count). The highest BCUT2D eigenvalue weighted by Crippen LogP contribution is 2.25. The number of aliphatic hydroxyl groups is 1. The summed E-state index contributed by atoms with van der Waals surface area (Å²) in [6.45, 7) is 0.213. The Morgan fingerprint density at radius 2 is 2.29 bits per heavy atom. The third-order valence-electron chi connectivity index (χ3n) is 3.17. The number of nitrogens with one attached hydrogen (secondary N) is 1. The number of nitrogens with zero attached hydrogens (tertiary/aromatic N) is 1. The topological polar surface area (TPSA) is 73.4 Å². The molecule has 17 heavy (non-hydrogen) atoms. The molecule has 5 heteroatoms. The number of hydrogen-bond acceptors (Lipinski definition) is 3. The molecule has 0 radical (unpaired) electrons. The summed E-state index contributed by atoms with van der Waals surface area (Å²) >= 11 is 0. The number of rotatable bonds is 4. The smallest absolute Gasteiger partial charge is 0.259 e. The summed E-state index contributed by atoms with van der Waals surface area (Å²) in [4.78, 5) is 28.1. The molecule has 1 saturated carbocycles. The molecule has 5 nitrogen and oxygen atoms in total. The van der Waals surface area contributed by atoms with Gasteiger partial charge in [-0.05, 0) is 19.3 Å². The van der Waals surface area contributed by atoms with Gasteiger partial charge in [-0.25, -0.2) is 0 Å². The van der Waals surface area contributed by atoms with E-state index in [2.05, 4.69) is 4.98 Å². The molecule has 92 valence electrons. The number of amides is 1. The fraction of sp³-hybridized carbons (Fsp3) is 0.500. The SMILES string of the molecule is O=C(c1c[nH]ccc1=O)N(CCO)C1CCC1. The Morgan fingerprint density at radius 3 is 2.82 bits per heavy atom. The first-order chi connectivity index (χ1) is 8.24. The van der Waals surface area contributed by atoms with Gasteiger partial charge in [-0.1, -0.05) is 0 Å². The fourth-order valence-corrected chi connectivity index (χ4v) is 1.99. The van der Waals surface area contributed by atoms with Crippen molar-refractivity contribution in [2.75, 3.05) is 13.2 Å². The van der Waals surface area contributed by atoms with Gasteiger partial charge in [0.15, 0.2) is 5.43 Å². The van der Waals surface area contributed by atoms with E-state index in [-0.39, 0.29) is 36.1 Å². The Hall–Kier alpha value is -1.62. The van der Waals surface area contributed by atoms with Crippen LogP contribution in [0.2, 0.25) is 0 Å². The lowest BCUT2D eigenvalue weighted by atomic mass is 9.91. The molecule has 0 aromatic carbocycles. The minimum Gasteiger partial charge on any atom is -0.395 e. The lowest BCUT2D eigenvalue weighted by Gasteiger charge is -2.37. The molecule has 0 bridgehead atoms. The van der Waals surface area contributed by atoms with Crippen LogP contribution < -0.4 is 5.43 Å². The number of aliphatic hydroxyl groups excluding tert-OH is 1. The maximum atomic E-state index is 12.2. The largest absolute Gasteiger partial charge is 0.395 e. The molecule has 0 unspecified atom stereocenters. The zero-order valence-corrected chi connectivity index (χ0v) is 9.56. The Bertz CT molecular complexity index is 451. The van der Waals surface area contributed by atoms with Crippen LogP contribution in [0.25, 0.3) is 0 Å². The zero-order chi connectivity index (χ0) is 12.3. The van der Waals surface area contributed by atoms with Crippen molar-refractivity contribution in [3.63, 3.8) is 0 Å². The molecular weight excluding hydrogens is 220 g/mol. The van der Waals surface area contributed by atoms with Gasteiger partial charge in [-0.3, -0.25) is 9.59 Å². The van der Waals surface area contributed by atoms with Gasteiger partial charge < -0.3 is 15.0 Å². The van der Waals surface area contributed by atoms with Crippen molar-refractivity contribution in [1.29, 1.82) is 0 Å². The Kier molecular flexibility index (Phi) is 3.58. The molecule has 0 saturated heterocycles. The molecule has 1 heterocycles. The van der Waals surface area contributed by atoms with Crippen molar-refractivity contribution >= 4 is 5.91 Å². The van der Waals surface area contributed by atoms with E-state index in [1.807, 2.05) is 0 Å². The van der Waals surface area contributed by atoms with Crippen LogP contribution >= 0.6 is 0 Å². The third kappa shape index (κ3) is 2.39. The van der Waals surface area contributed by atoms with Gasteiger partial charge >= 0.3 is 0 Å². The average Bonchev–Trinajstić information content (AvgIpc) is 2.26. The second kappa shape index (κ2) is 5.14. The number of carbonyl (C=O) groups is 1. The van der Waals surface area contributed by atoms with Crippen molar-refractivity contribution in [3.8, 4) is 0 Å². The fourth-order valence-electron chi connectivity index (χ4n) is 1.99. The molecule has 0 spiro atoms. The van der Waals surface area contributed by atoms with Crippen LogP contribution in [-0.2, 0) is 0 Å². The second-order valence-corrected chi connectivity index (χ2v) is 4.23. The quantitative estimate of drug-likeness (QED) is 0.792. The molecule has 1 aromatic rings. The van der Waals surface area contributed by atoms with E-state index in [0.29, 0.717) is 0 Å². The van der Waals surface area contributed by atoms with Crippen molar-refractivity contribution in [3.05, 3.63) is 34.2 Å². The molecule has 1 aliphatic rings. The number of aromatic nitrogens is 1. The standard InChI is InChI=1S/C12H16N2O3/c15-7-6-14(9-2-1-3-9)12(17)10-8-13-5-4-11(10)16/h4-5,8-9,15H,1-3,6-7H2,(H,13,16). The van der Waals surface area contributed by atoms with Crippen LogP contribution in [0, 0.1) is 0 Å². The summed E-state index contributed by atoms with van der Waals surface area (Å²) in [6.07, 6.45) is 5.94. The van der Waals surface area contributed by atoms with Gasteiger partial charge in [0.2, 0.25) is 0 Å². The summed E-state index contributed by atoms with van der Waals surface area (Å²) in [5.41, 5.74) is -0.135. The highest BCUT2D eigenvalue weighted by molar-refractivity contribution is 5.94. The van der Waals surface area contributed by atoms with E-state index in [1.165, 1.54) is 18.5 Å². The number of hydrogen-bond donors (Lipinski definition) is 2. The first-order valence-corrected chi connectivity index (χ1v) is 5.83. The Balaban J connectivity index is 2.21. The van der Waals surface area contributed by atoms with Gasteiger partial charge in [0, 0.05) is 31.0 Å². The van der Waals surface area contributed by atoms with Crippen LogP contribution in [0.4, 0.5) is 0 Å². The van der Waals surface area contributed by atoms with Crippen LogP contribution in [0.15, 0.2) is 23.3 Å². The van der Waals surface area contributed by atoms with Crippen molar-refractivity contribution in [2.45, 2.75) is 25.3 Å². The minimum absolute atomic E-state index is 0.0764. The predicted molar refractivity (Wildman–Crippen MR) is 62.8 cm³/mol. The van der Waals surface area contributed by atoms with Crippen LogP contribution in [-0.4, -0.2) is 40.1 Å². The Morgan fingerprint density at radius 1 is 1.53 bits per heavy atom. The second-order valence-electron chi connectivity index (χ2n) is 4.23. The van der Waals surface area contributed by atoms with Crippen LogP contribution in [0.3, 0.4) is 0 Å². The van der Waals surface area contributed by atoms with Crippen molar-refractivity contribution in [1.82, 2.24) is 9.88 Å². The van der Waals surface area contributed by atoms with Crippen LogP contribution in [0.1, 0.15) is 29.6 Å². The normalized spacial score (nSPS) is 15.4. The van der Waals surface area contributed by atoms with Crippen LogP contribution in [0.5, 0.6) is 0 Å². The van der Waals surface area contributed by atoms with E-state index < -0.39 is 0 Å². The van der Waals surface area contributed by atoms with E-state index in [0.717, 1.165) is 19.3 Å².